The predicted octanol–water partition coefficient (Wildman–Crippen LogP) is -0.545. The van der Waals surface area contributed by atoms with Crippen LogP contribution in [0.25, 0.3) is 0 Å². The summed E-state index contributed by atoms with van der Waals surface area (Å²) in [6, 6.07) is 0. The third kappa shape index (κ3) is 3.92. The lowest BCUT2D eigenvalue weighted by atomic mass is 10.3. The quantitative estimate of drug-likeness (QED) is 0.435. The van der Waals surface area contributed by atoms with Gasteiger partial charge in [0.15, 0.2) is 6.10 Å². The van der Waals surface area contributed by atoms with Crippen LogP contribution >= 0.6 is 0 Å². The first-order valence-corrected chi connectivity index (χ1v) is 3.18. The first-order valence-electron chi connectivity index (χ1n) is 3.18. The van der Waals surface area contributed by atoms with E-state index < -0.39 is 12.1 Å². The van der Waals surface area contributed by atoms with Crippen molar-refractivity contribution < 1.29 is 19.1 Å². The molecule has 0 saturated carbocycles. The van der Waals surface area contributed by atoms with Gasteiger partial charge < -0.3 is 14.3 Å². The Morgan fingerprint density at radius 2 is 2.18 bits per heavy atom. The second kappa shape index (κ2) is 6.09. The fourth-order valence-electron chi connectivity index (χ4n) is 0.638. The van der Waals surface area contributed by atoms with Gasteiger partial charge in [-0.1, -0.05) is 0 Å². The predicted molar refractivity (Wildman–Crippen MR) is 37.6 cm³/mol. The highest BCUT2D eigenvalue weighted by molar-refractivity contribution is 5.74. The highest BCUT2D eigenvalue weighted by atomic mass is 16.6. The minimum atomic E-state index is -0.580. The van der Waals surface area contributed by atoms with Crippen LogP contribution in [0, 0.1) is 0 Å². The molecule has 0 unspecified atom stereocenters. The summed E-state index contributed by atoms with van der Waals surface area (Å²) < 4.78 is 9.23. The van der Waals surface area contributed by atoms with Gasteiger partial charge in [-0.25, -0.2) is 10.7 Å². The van der Waals surface area contributed by atoms with Crippen LogP contribution in [0.3, 0.4) is 0 Å². The number of methoxy groups -OCH3 is 2. The van der Waals surface area contributed by atoms with Gasteiger partial charge in [0, 0.05) is 13.5 Å². The maximum Gasteiger partial charge on any atom is 0.335 e. The van der Waals surface area contributed by atoms with Crippen LogP contribution in [-0.4, -0.2) is 32.9 Å². The van der Waals surface area contributed by atoms with Gasteiger partial charge in [-0.2, -0.15) is 0 Å². The van der Waals surface area contributed by atoms with Crippen LogP contribution in [0.15, 0.2) is 0 Å². The second-order valence-electron chi connectivity index (χ2n) is 1.91. The zero-order valence-corrected chi connectivity index (χ0v) is 6.70. The van der Waals surface area contributed by atoms with Gasteiger partial charge in [-0.3, -0.25) is 0 Å². The number of rotatable bonds is 5. The van der Waals surface area contributed by atoms with Crippen molar-refractivity contribution >= 4 is 5.97 Å². The van der Waals surface area contributed by atoms with Crippen molar-refractivity contribution in [1.29, 1.82) is 0 Å². The van der Waals surface area contributed by atoms with Crippen LogP contribution in [0.2, 0.25) is 0 Å². The second-order valence-corrected chi connectivity index (χ2v) is 1.91. The number of carbonyl (C=O) groups is 1. The van der Waals surface area contributed by atoms with Crippen molar-refractivity contribution in [3.8, 4) is 0 Å². The summed E-state index contributed by atoms with van der Waals surface area (Å²) >= 11 is 0. The van der Waals surface area contributed by atoms with Crippen molar-refractivity contribution in [2.45, 2.75) is 12.5 Å². The van der Waals surface area contributed by atoms with Crippen molar-refractivity contribution in [3.63, 3.8) is 0 Å². The first-order chi connectivity index (χ1) is 5.26. The molecule has 0 aliphatic carbocycles. The van der Waals surface area contributed by atoms with Crippen LogP contribution in [-0.2, 0) is 19.1 Å². The van der Waals surface area contributed by atoms with Gasteiger partial charge in [0.05, 0.1) is 13.7 Å². The summed E-state index contributed by atoms with van der Waals surface area (Å²) in [6.45, 7) is 0.271. The minimum Gasteiger partial charge on any atom is -0.467 e. The summed E-state index contributed by atoms with van der Waals surface area (Å²) in [7, 11) is 2.73. The molecule has 0 aromatic rings. The zero-order chi connectivity index (χ0) is 8.69. The Morgan fingerprint density at radius 3 is 2.55 bits per heavy atom. The van der Waals surface area contributed by atoms with E-state index in [1.54, 1.807) is 0 Å². The van der Waals surface area contributed by atoms with E-state index in [4.69, 9.17) is 10.6 Å². The zero-order valence-electron chi connectivity index (χ0n) is 6.70. The van der Waals surface area contributed by atoms with Gasteiger partial charge in [0.25, 0.3) is 0 Å². The summed E-state index contributed by atoms with van der Waals surface area (Å²) in [5.74, 6) is 4.35. The Balaban J connectivity index is 3.65. The SMILES string of the molecule is COC(=O)[C@H](CCON)OC. The third-order valence-electron chi connectivity index (χ3n) is 1.25. The molecule has 0 aromatic heterocycles. The molecule has 0 saturated heterocycles. The Bertz CT molecular complexity index is 117. The number of carbonyl (C=O) groups excluding carboxylic acids is 1. The van der Waals surface area contributed by atoms with Crippen molar-refractivity contribution in [2.24, 2.45) is 5.90 Å². The van der Waals surface area contributed by atoms with E-state index in [-0.39, 0.29) is 6.61 Å². The molecule has 0 amide bonds. The highest BCUT2D eigenvalue weighted by Gasteiger charge is 2.17. The Kier molecular flexibility index (Phi) is 5.73. The van der Waals surface area contributed by atoms with Crippen LogP contribution < -0.4 is 5.90 Å². The van der Waals surface area contributed by atoms with E-state index >= 15 is 0 Å². The lowest BCUT2D eigenvalue weighted by Crippen LogP contribution is -2.26. The number of nitrogens with two attached hydrogens (primary N) is 1. The summed E-state index contributed by atoms with van der Waals surface area (Å²) in [6.07, 6.45) is -0.178. The largest absolute Gasteiger partial charge is 0.467 e. The molecule has 5 nitrogen and oxygen atoms in total. The van der Waals surface area contributed by atoms with E-state index in [0.29, 0.717) is 6.42 Å². The molecule has 0 spiro atoms. The molecule has 5 heteroatoms. The normalized spacial score (nSPS) is 12.6. The highest BCUT2D eigenvalue weighted by Crippen LogP contribution is 1.98. The van der Waals surface area contributed by atoms with Crippen LogP contribution in [0.4, 0.5) is 0 Å². The van der Waals surface area contributed by atoms with Crippen LogP contribution in [0.5, 0.6) is 0 Å². The van der Waals surface area contributed by atoms with Gasteiger partial charge in [0.2, 0.25) is 0 Å². The molecule has 0 radical (unpaired) electrons. The Labute approximate surface area is 65.4 Å². The molecule has 1 atom stereocenters. The molecule has 0 bridgehead atoms. The third-order valence-corrected chi connectivity index (χ3v) is 1.25. The van der Waals surface area contributed by atoms with Gasteiger partial charge in [0.1, 0.15) is 0 Å². The summed E-state index contributed by atoms with van der Waals surface area (Å²) in [5.41, 5.74) is 0. The van der Waals surface area contributed by atoms with Crippen LogP contribution in [0.1, 0.15) is 6.42 Å². The van der Waals surface area contributed by atoms with Crippen molar-refractivity contribution in [2.75, 3.05) is 20.8 Å². The molecule has 11 heavy (non-hydrogen) atoms. The molecule has 0 fully saturated rings. The smallest absolute Gasteiger partial charge is 0.335 e. The maximum absolute atomic E-state index is 10.8. The van der Waals surface area contributed by atoms with Gasteiger partial charge in [-0.05, 0) is 0 Å². The molecule has 0 rings (SSSR count). The minimum absolute atomic E-state index is 0.271. The molecule has 0 aromatic carbocycles. The molecular weight excluding hydrogens is 150 g/mol. The molecule has 66 valence electrons. The summed E-state index contributed by atoms with van der Waals surface area (Å²) in [4.78, 5) is 15.1. The molecule has 0 aliphatic rings. The first kappa shape index (κ1) is 10.3. The van der Waals surface area contributed by atoms with Gasteiger partial charge >= 0.3 is 5.97 Å². The summed E-state index contributed by atoms with van der Waals surface area (Å²) in [5, 5.41) is 0. The lowest BCUT2D eigenvalue weighted by Gasteiger charge is -2.10. The standard InChI is InChI=1S/C6H13NO4/c1-9-5(3-4-11-7)6(8)10-2/h5H,3-4,7H2,1-2H3/t5-/m0/s1. The number of hydrogen-bond donors (Lipinski definition) is 1. The van der Waals surface area contributed by atoms with Gasteiger partial charge in [-0.15, -0.1) is 0 Å². The van der Waals surface area contributed by atoms with E-state index in [0.717, 1.165) is 0 Å². The van der Waals surface area contributed by atoms with E-state index in [1.165, 1.54) is 14.2 Å². The lowest BCUT2D eigenvalue weighted by molar-refractivity contribution is -0.153. The number of ether oxygens (including phenoxy) is 2. The average molecular weight is 163 g/mol. The van der Waals surface area contributed by atoms with E-state index in [9.17, 15) is 4.79 Å². The fraction of sp³-hybridized carbons (Fsp3) is 0.833. The van der Waals surface area contributed by atoms with Crippen molar-refractivity contribution in [3.05, 3.63) is 0 Å². The Hall–Kier alpha value is -0.650. The Morgan fingerprint density at radius 1 is 1.55 bits per heavy atom. The molecule has 0 aliphatic heterocycles. The fourth-order valence-corrected chi connectivity index (χ4v) is 0.638. The van der Waals surface area contributed by atoms with E-state index in [1.807, 2.05) is 0 Å². The molecule has 2 N–H and O–H groups in total. The maximum atomic E-state index is 10.8. The average Bonchev–Trinajstić information content (AvgIpc) is 2.05. The van der Waals surface area contributed by atoms with Crippen molar-refractivity contribution in [1.82, 2.24) is 0 Å². The monoisotopic (exact) mass is 163 g/mol. The number of hydrogen-bond acceptors (Lipinski definition) is 5. The van der Waals surface area contributed by atoms with E-state index in [2.05, 4.69) is 9.57 Å². The molecular formula is C6H13NO4. The molecule has 0 heterocycles. The number of esters is 1. The topological polar surface area (TPSA) is 70.8 Å².